The summed E-state index contributed by atoms with van der Waals surface area (Å²) in [6, 6.07) is -0.345. The molecule has 182 valence electrons. The largest absolute Gasteiger partial charge is 0.459 e. The van der Waals surface area contributed by atoms with Crippen LogP contribution in [0.1, 0.15) is 54.4 Å². The quantitative estimate of drug-likeness (QED) is 0.390. The van der Waals surface area contributed by atoms with E-state index in [1.165, 1.54) is 0 Å². The van der Waals surface area contributed by atoms with Crippen LogP contribution in [-0.4, -0.2) is 58.5 Å². The summed E-state index contributed by atoms with van der Waals surface area (Å²) in [7, 11) is 1.93. The molecule has 2 N–H and O–H groups in total. The molecule has 0 aromatic carbocycles. The van der Waals surface area contributed by atoms with Crippen LogP contribution in [0.15, 0.2) is 25.3 Å². The molecule has 1 aliphatic rings. The molecule has 0 aromatic heterocycles. The smallest absolute Gasteiger partial charge is 0.309 e. The zero-order valence-corrected chi connectivity index (χ0v) is 21.1. The van der Waals surface area contributed by atoms with Gasteiger partial charge in [-0.15, -0.1) is 25.5 Å². The highest BCUT2D eigenvalue weighted by atomic mass is 16.6. The van der Waals surface area contributed by atoms with Crippen molar-refractivity contribution in [3.05, 3.63) is 25.3 Å². The lowest BCUT2D eigenvalue weighted by molar-refractivity contribution is -0.190. The van der Waals surface area contributed by atoms with Gasteiger partial charge in [0.2, 0.25) is 0 Å². The average Bonchev–Trinajstić information content (AvgIpc) is 2.75. The molecule has 0 aliphatic carbocycles. The molecule has 1 aliphatic heterocycles. The van der Waals surface area contributed by atoms with Gasteiger partial charge < -0.3 is 19.8 Å². The number of aliphatic hydroxyl groups is 2. The molecule has 0 bridgehead atoms. The van der Waals surface area contributed by atoms with Gasteiger partial charge >= 0.3 is 5.97 Å². The van der Waals surface area contributed by atoms with Crippen molar-refractivity contribution in [1.29, 1.82) is 0 Å². The number of aliphatic hydroxyl groups excluding tert-OH is 1. The lowest BCUT2D eigenvalue weighted by atomic mass is 9.70. The van der Waals surface area contributed by atoms with Crippen LogP contribution in [0.3, 0.4) is 0 Å². The number of carbonyl (C=O) groups is 1. The molecule has 1 fully saturated rings. The van der Waals surface area contributed by atoms with E-state index in [0.717, 1.165) is 6.42 Å². The number of hydrogen-bond acceptors (Lipinski definition) is 5. The zero-order chi connectivity index (χ0) is 24.8. The van der Waals surface area contributed by atoms with Gasteiger partial charge in [0, 0.05) is 18.5 Å². The van der Waals surface area contributed by atoms with Crippen LogP contribution < -0.4 is 0 Å². The fraction of sp³-hybridized carbons (Fsp3) is 0.741. The first-order valence-electron chi connectivity index (χ1n) is 11.9. The van der Waals surface area contributed by atoms with Crippen molar-refractivity contribution in [3.63, 3.8) is 0 Å². The summed E-state index contributed by atoms with van der Waals surface area (Å²) in [5.74, 6) is 2.19. The van der Waals surface area contributed by atoms with Crippen molar-refractivity contribution in [1.82, 2.24) is 4.90 Å². The van der Waals surface area contributed by atoms with E-state index in [1.807, 2.05) is 38.8 Å². The van der Waals surface area contributed by atoms with Crippen LogP contribution in [0.25, 0.3) is 0 Å². The Labute approximate surface area is 195 Å². The van der Waals surface area contributed by atoms with Crippen molar-refractivity contribution in [2.75, 3.05) is 13.6 Å². The van der Waals surface area contributed by atoms with Gasteiger partial charge in [-0.1, -0.05) is 39.8 Å². The lowest BCUT2D eigenvalue weighted by Gasteiger charge is -2.41. The summed E-state index contributed by atoms with van der Waals surface area (Å²) in [5.41, 5.74) is -1.60. The van der Waals surface area contributed by atoms with Gasteiger partial charge in [0.25, 0.3) is 0 Å². The van der Waals surface area contributed by atoms with E-state index < -0.39 is 29.7 Å². The predicted octanol–water partition coefficient (Wildman–Crippen LogP) is 3.91. The molecule has 1 saturated heterocycles. The maximum Gasteiger partial charge on any atom is 0.309 e. The SMILES string of the molecule is C#C[C@@H]1C[C@@H](C)CN(C)[C@H](C)[C@@H](O)[C@](C)(O)[C@@H](CC)OC(=O)[C@H](C)C(C=C)[C@H](C)C1C=C. The number of terminal acetylenes is 1. The molecular weight excluding hydrogens is 402 g/mol. The van der Waals surface area contributed by atoms with Crippen LogP contribution in [-0.2, 0) is 9.53 Å². The van der Waals surface area contributed by atoms with Crippen molar-refractivity contribution >= 4 is 5.97 Å². The second-order valence-electron chi connectivity index (χ2n) is 10.1. The maximum atomic E-state index is 13.1. The molecule has 0 spiro atoms. The topological polar surface area (TPSA) is 70.0 Å². The normalized spacial score (nSPS) is 43.2. The third-order valence-corrected chi connectivity index (χ3v) is 7.67. The summed E-state index contributed by atoms with van der Waals surface area (Å²) in [6.07, 6.45) is 8.91. The molecule has 5 heteroatoms. The van der Waals surface area contributed by atoms with Crippen molar-refractivity contribution in [3.8, 4) is 12.3 Å². The molecule has 0 saturated carbocycles. The fourth-order valence-electron chi connectivity index (χ4n) is 5.32. The van der Waals surface area contributed by atoms with Gasteiger partial charge in [-0.3, -0.25) is 4.79 Å². The number of esters is 1. The molecule has 2 unspecified atom stereocenters. The Balaban J connectivity index is 3.49. The number of allylic oxidation sites excluding steroid dienone is 2. The van der Waals surface area contributed by atoms with E-state index in [2.05, 4.69) is 32.9 Å². The van der Waals surface area contributed by atoms with Crippen LogP contribution >= 0.6 is 0 Å². The number of cyclic esters (lactones) is 1. The summed E-state index contributed by atoms with van der Waals surface area (Å²) < 4.78 is 5.80. The number of rotatable bonds is 3. The Kier molecular flexibility index (Phi) is 10.7. The van der Waals surface area contributed by atoms with E-state index in [0.29, 0.717) is 13.0 Å². The first kappa shape index (κ1) is 28.4. The lowest BCUT2D eigenvalue weighted by Crippen LogP contribution is -2.59. The second kappa shape index (κ2) is 12.0. The molecule has 5 nitrogen and oxygen atoms in total. The summed E-state index contributed by atoms with van der Waals surface area (Å²) in [5, 5.41) is 22.3. The second-order valence-corrected chi connectivity index (χ2v) is 10.1. The molecule has 32 heavy (non-hydrogen) atoms. The van der Waals surface area contributed by atoms with Crippen LogP contribution in [0.5, 0.6) is 0 Å². The molecular formula is C27H45NO4. The Bertz CT molecular complexity index is 682. The van der Waals surface area contributed by atoms with Gasteiger partial charge in [-0.2, -0.15) is 0 Å². The molecule has 1 rings (SSSR count). The van der Waals surface area contributed by atoms with Crippen LogP contribution in [0.4, 0.5) is 0 Å². The predicted molar refractivity (Wildman–Crippen MR) is 131 cm³/mol. The van der Waals surface area contributed by atoms with E-state index in [9.17, 15) is 15.0 Å². The number of hydrogen-bond donors (Lipinski definition) is 2. The molecule has 0 amide bonds. The molecule has 0 radical (unpaired) electrons. The number of carbonyl (C=O) groups excluding carboxylic acids is 1. The summed E-state index contributed by atoms with van der Waals surface area (Å²) in [4.78, 5) is 15.2. The molecule has 1 heterocycles. The van der Waals surface area contributed by atoms with E-state index in [-0.39, 0.29) is 35.6 Å². The van der Waals surface area contributed by atoms with E-state index in [1.54, 1.807) is 13.0 Å². The fourth-order valence-corrected chi connectivity index (χ4v) is 5.32. The standard InChI is InChI=1S/C27H45NO4/c1-11-21-15-17(5)16-28(10)20(8)25(29)27(9,31)24(14-4)32-26(30)19(7)22(12-2)18(6)23(21)13-3/h1,12-13,17-25,29,31H,2-3,14-16H2,4-10H3/t17-,18+,19-,20-,21-,22?,23?,24-,25-,27-/m1/s1. The first-order valence-corrected chi connectivity index (χ1v) is 11.9. The van der Waals surface area contributed by atoms with Crippen molar-refractivity contribution < 1.29 is 19.7 Å². The molecule has 10 atom stereocenters. The number of likely N-dealkylation sites (N-methyl/N-ethyl adjacent to an activating group) is 1. The highest BCUT2D eigenvalue weighted by molar-refractivity contribution is 5.73. The first-order chi connectivity index (χ1) is 14.9. The third-order valence-electron chi connectivity index (χ3n) is 7.67. The summed E-state index contributed by atoms with van der Waals surface area (Å²) >= 11 is 0. The monoisotopic (exact) mass is 447 g/mol. The Hall–Kier alpha value is -1.61. The average molecular weight is 448 g/mol. The number of ether oxygens (including phenoxy) is 1. The van der Waals surface area contributed by atoms with E-state index in [4.69, 9.17) is 11.2 Å². The highest BCUT2D eigenvalue weighted by Crippen LogP contribution is 2.37. The Morgan fingerprint density at radius 3 is 2.28 bits per heavy atom. The van der Waals surface area contributed by atoms with Crippen molar-refractivity contribution in [2.45, 2.75) is 78.2 Å². The highest BCUT2D eigenvalue weighted by Gasteiger charge is 2.45. The minimum Gasteiger partial charge on any atom is -0.459 e. The summed E-state index contributed by atoms with van der Waals surface area (Å²) in [6.45, 7) is 20.1. The van der Waals surface area contributed by atoms with Crippen LogP contribution in [0, 0.1) is 47.9 Å². The minimum absolute atomic E-state index is 0.0178. The maximum absolute atomic E-state index is 13.1. The number of nitrogens with zero attached hydrogens (tertiary/aromatic N) is 1. The van der Waals surface area contributed by atoms with Gasteiger partial charge in [-0.05, 0) is 57.4 Å². The minimum atomic E-state index is -1.60. The van der Waals surface area contributed by atoms with E-state index >= 15 is 0 Å². The third kappa shape index (κ3) is 6.25. The van der Waals surface area contributed by atoms with Gasteiger partial charge in [0.1, 0.15) is 17.8 Å². The van der Waals surface area contributed by atoms with Crippen LogP contribution in [0.2, 0.25) is 0 Å². The van der Waals surface area contributed by atoms with Gasteiger partial charge in [-0.25, -0.2) is 0 Å². The Morgan fingerprint density at radius 1 is 1.25 bits per heavy atom. The molecule has 0 aromatic rings. The van der Waals surface area contributed by atoms with Gasteiger partial charge in [0.15, 0.2) is 0 Å². The Morgan fingerprint density at radius 2 is 1.81 bits per heavy atom. The zero-order valence-electron chi connectivity index (χ0n) is 21.1. The van der Waals surface area contributed by atoms with Crippen molar-refractivity contribution in [2.24, 2.45) is 35.5 Å². The van der Waals surface area contributed by atoms with Gasteiger partial charge in [0.05, 0.1) is 5.92 Å².